The first-order valence-electron chi connectivity index (χ1n) is 9.40. The lowest BCUT2D eigenvalue weighted by Crippen LogP contribution is -2.33. The molecule has 150 valence electrons. The van der Waals surface area contributed by atoms with E-state index in [1.807, 2.05) is 42.7 Å². The Bertz CT molecular complexity index is 1090. The fourth-order valence-electron chi connectivity index (χ4n) is 3.22. The second kappa shape index (κ2) is 8.47. The van der Waals surface area contributed by atoms with Gasteiger partial charge in [-0.1, -0.05) is 29.8 Å². The molecule has 0 bridgehead atoms. The number of hydrogen-bond donors (Lipinski definition) is 1. The molecule has 0 unspecified atom stereocenters. The highest BCUT2D eigenvalue weighted by molar-refractivity contribution is 7.98. The Hall–Kier alpha value is -2.51. The molecular weight excluding hydrogens is 408 g/mol. The smallest absolute Gasteiger partial charge is 0.346 e. The highest BCUT2D eigenvalue weighted by atomic mass is 35.5. The summed E-state index contributed by atoms with van der Waals surface area (Å²) < 4.78 is 2.94. The minimum absolute atomic E-state index is 0.111. The van der Waals surface area contributed by atoms with E-state index in [1.54, 1.807) is 28.5 Å². The quantitative estimate of drug-likeness (QED) is 0.582. The van der Waals surface area contributed by atoms with Gasteiger partial charge in [0.2, 0.25) is 5.91 Å². The van der Waals surface area contributed by atoms with Crippen LogP contribution in [-0.2, 0) is 17.9 Å². The lowest BCUT2D eigenvalue weighted by atomic mass is 10.2. The molecule has 6 nitrogen and oxygen atoms in total. The van der Waals surface area contributed by atoms with Crippen LogP contribution >= 0.6 is 23.4 Å². The van der Waals surface area contributed by atoms with Crippen molar-refractivity contribution < 1.29 is 4.79 Å². The van der Waals surface area contributed by atoms with Gasteiger partial charge < -0.3 is 5.32 Å². The van der Waals surface area contributed by atoms with Crippen LogP contribution in [0.5, 0.6) is 0 Å². The Balaban J connectivity index is 1.53. The molecule has 3 aromatic rings. The summed E-state index contributed by atoms with van der Waals surface area (Å²) >= 11 is 7.61. The molecule has 0 radical (unpaired) electrons. The Morgan fingerprint density at radius 1 is 1.21 bits per heavy atom. The van der Waals surface area contributed by atoms with Gasteiger partial charge in [0.25, 0.3) is 0 Å². The third kappa shape index (κ3) is 4.41. The average Bonchev–Trinajstić information content (AvgIpc) is 3.52. The summed E-state index contributed by atoms with van der Waals surface area (Å²) in [7, 11) is 0. The first-order valence-corrected chi connectivity index (χ1v) is 11.0. The molecule has 4 rings (SSSR count). The van der Waals surface area contributed by atoms with Gasteiger partial charge in [0.15, 0.2) is 5.82 Å². The minimum Gasteiger partial charge on any atom is -0.350 e. The van der Waals surface area contributed by atoms with Crippen LogP contribution in [-0.4, -0.2) is 26.5 Å². The molecule has 1 amide bonds. The lowest BCUT2D eigenvalue weighted by molar-refractivity contribution is -0.122. The summed E-state index contributed by atoms with van der Waals surface area (Å²) in [5.41, 5.74) is 1.61. The molecular formula is C21H21ClN4O2S. The maximum atomic E-state index is 12.9. The van der Waals surface area contributed by atoms with Gasteiger partial charge in [0, 0.05) is 28.1 Å². The van der Waals surface area contributed by atoms with E-state index in [1.165, 1.54) is 4.68 Å². The molecule has 1 heterocycles. The fourth-order valence-corrected chi connectivity index (χ4v) is 3.96. The van der Waals surface area contributed by atoms with Crippen LogP contribution in [0, 0.1) is 0 Å². The van der Waals surface area contributed by atoms with Gasteiger partial charge in [-0.3, -0.25) is 9.36 Å². The average molecular weight is 429 g/mol. The molecule has 1 fully saturated rings. The van der Waals surface area contributed by atoms with Gasteiger partial charge in [-0.25, -0.2) is 9.48 Å². The van der Waals surface area contributed by atoms with Crippen LogP contribution < -0.4 is 11.0 Å². The monoisotopic (exact) mass is 428 g/mol. The van der Waals surface area contributed by atoms with E-state index in [0.29, 0.717) is 17.4 Å². The van der Waals surface area contributed by atoms with E-state index < -0.39 is 0 Å². The number of halogens is 1. The summed E-state index contributed by atoms with van der Waals surface area (Å²) in [5, 5.41) is 7.97. The second-order valence-electron chi connectivity index (χ2n) is 6.96. The second-order valence-corrected chi connectivity index (χ2v) is 8.24. The summed E-state index contributed by atoms with van der Waals surface area (Å²) in [6.45, 7) is 0.304. The standard InChI is InChI=1S/C21H21ClN4O2S/c1-29-18-5-3-2-4-15(18)12-23-19(27)13-25-21(28)26(17-10-11-17)20(24-25)14-6-8-16(22)9-7-14/h2-9,17H,10-13H2,1H3,(H,23,27). The summed E-state index contributed by atoms with van der Waals surface area (Å²) in [6.07, 6.45) is 3.90. The first-order chi connectivity index (χ1) is 14.1. The van der Waals surface area contributed by atoms with Crippen LogP contribution in [0.25, 0.3) is 11.4 Å². The van der Waals surface area contributed by atoms with E-state index in [4.69, 9.17) is 11.6 Å². The Labute approximate surface area is 177 Å². The van der Waals surface area contributed by atoms with Gasteiger partial charge in [0.1, 0.15) is 6.54 Å². The zero-order chi connectivity index (χ0) is 20.4. The van der Waals surface area contributed by atoms with Crippen molar-refractivity contribution in [3.8, 4) is 11.4 Å². The van der Waals surface area contributed by atoms with Crippen molar-refractivity contribution >= 4 is 29.3 Å². The predicted molar refractivity (Wildman–Crippen MR) is 115 cm³/mol. The molecule has 1 aliphatic rings. The van der Waals surface area contributed by atoms with E-state index in [0.717, 1.165) is 28.9 Å². The Morgan fingerprint density at radius 2 is 1.93 bits per heavy atom. The number of nitrogens with zero attached hydrogens (tertiary/aromatic N) is 3. The van der Waals surface area contributed by atoms with E-state index >= 15 is 0 Å². The number of nitrogens with one attached hydrogen (secondary N) is 1. The molecule has 0 spiro atoms. The predicted octanol–water partition coefficient (Wildman–Crippen LogP) is 3.74. The maximum Gasteiger partial charge on any atom is 0.346 e. The molecule has 2 aromatic carbocycles. The summed E-state index contributed by atoms with van der Waals surface area (Å²) in [4.78, 5) is 26.5. The van der Waals surface area contributed by atoms with E-state index in [2.05, 4.69) is 10.4 Å². The summed E-state index contributed by atoms with van der Waals surface area (Å²) in [5.74, 6) is 0.334. The SMILES string of the molecule is CSc1ccccc1CNC(=O)Cn1nc(-c2ccc(Cl)cc2)n(C2CC2)c1=O. The number of hydrogen-bond acceptors (Lipinski definition) is 4. The van der Waals surface area contributed by atoms with Crippen molar-refractivity contribution in [2.75, 3.05) is 6.26 Å². The lowest BCUT2D eigenvalue weighted by Gasteiger charge is -2.08. The van der Waals surface area contributed by atoms with Crippen LogP contribution in [0.15, 0.2) is 58.2 Å². The molecule has 1 aliphatic carbocycles. The van der Waals surface area contributed by atoms with Gasteiger partial charge in [0.05, 0.1) is 0 Å². The van der Waals surface area contributed by atoms with Crippen LogP contribution in [0.3, 0.4) is 0 Å². The zero-order valence-corrected chi connectivity index (χ0v) is 17.5. The zero-order valence-electron chi connectivity index (χ0n) is 16.0. The van der Waals surface area contributed by atoms with Crippen molar-refractivity contribution in [1.82, 2.24) is 19.7 Å². The fraction of sp³-hybridized carbons (Fsp3) is 0.286. The van der Waals surface area contributed by atoms with Gasteiger partial charge in [-0.05, 0) is 55.0 Å². The molecule has 1 saturated carbocycles. The number of carbonyl (C=O) groups excluding carboxylic acids is 1. The van der Waals surface area contributed by atoms with Gasteiger partial charge >= 0.3 is 5.69 Å². The largest absolute Gasteiger partial charge is 0.350 e. The van der Waals surface area contributed by atoms with Crippen molar-refractivity contribution in [3.63, 3.8) is 0 Å². The van der Waals surface area contributed by atoms with Crippen LogP contribution in [0.4, 0.5) is 0 Å². The molecule has 0 atom stereocenters. The number of carbonyl (C=O) groups is 1. The number of benzene rings is 2. The van der Waals surface area contributed by atoms with Crippen molar-refractivity contribution in [3.05, 3.63) is 69.6 Å². The number of thioether (sulfide) groups is 1. The molecule has 29 heavy (non-hydrogen) atoms. The van der Waals surface area contributed by atoms with Crippen molar-refractivity contribution in [1.29, 1.82) is 0 Å². The molecule has 0 aliphatic heterocycles. The molecule has 0 saturated heterocycles. The van der Waals surface area contributed by atoms with Gasteiger partial charge in [-0.15, -0.1) is 16.9 Å². The topological polar surface area (TPSA) is 68.9 Å². The molecule has 8 heteroatoms. The van der Waals surface area contributed by atoms with Gasteiger partial charge in [-0.2, -0.15) is 0 Å². The van der Waals surface area contributed by atoms with Crippen LogP contribution in [0.1, 0.15) is 24.4 Å². The highest BCUT2D eigenvalue weighted by Crippen LogP contribution is 2.36. The number of aromatic nitrogens is 3. The Kier molecular flexibility index (Phi) is 5.78. The van der Waals surface area contributed by atoms with E-state index in [9.17, 15) is 9.59 Å². The molecule has 1 aromatic heterocycles. The van der Waals surface area contributed by atoms with E-state index in [-0.39, 0.29) is 24.2 Å². The van der Waals surface area contributed by atoms with Crippen molar-refractivity contribution in [2.45, 2.75) is 36.9 Å². The minimum atomic E-state index is -0.253. The normalized spacial score (nSPS) is 13.4. The highest BCUT2D eigenvalue weighted by Gasteiger charge is 2.30. The molecule has 1 N–H and O–H groups in total. The van der Waals surface area contributed by atoms with Crippen molar-refractivity contribution in [2.24, 2.45) is 0 Å². The Morgan fingerprint density at radius 3 is 2.62 bits per heavy atom. The number of rotatable bonds is 7. The summed E-state index contributed by atoms with van der Waals surface area (Å²) in [6, 6.07) is 15.3. The first kappa shape index (κ1) is 19.8. The maximum absolute atomic E-state index is 12.9. The third-order valence-corrected chi connectivity index (χ3v) is 5.94. The third-order valence-electron chi connectivity index (χ3n) is 4.85. The number of amides is 1. The van der Waals surface area contributed by atoms with Crippen LogP contribution in [0.2, 0.25) is 5.02 Å².